The number of aromatic hydroxyl groups is 1. The lowest BCUT2D eigenvalue weighted by Gasteiger charge is -2.26. The summed E-state index contributed by atoms with van der Waals surface area (Å²) < 4.78 is 0. The van der Waals surface area contributed by atoms with E-state index in [0.717, 1.165) is 18.4 Å². The van der Waals surface area contributed by atoms with Gasteiger partial charge in [-0.05, 0) is 31.4 Å². The highest BCUT2D eigenvalue weighted by molar-refractivity contribution is 6.36. The summed E-state index contributed by atoms with van der Waals surface area (Å²) in [5.74, 6) is 0.109. The topological polar surface area (TPSA) is 32.3 Å². The lowest BCUT2D eigenvalue weighted by molar-refractivity contribution is 0.473. The molecule has 2 rings (SSSR count). The van der Waals surface area contributed by atoms with Crippen molar-refractivity contribution in [2.24, 2.45) is 0 Å². The minimum Gasteiger partial charge on any atom is -0.504 e. The zero-order valence-electron chi connectivity index (χ0n) is 7.77. The number of hydrogen-bond donors (Lipinski definition) is 2. The molecule has 1 aromatic carbocycles. The molecule has 1 aliphatic heterocycles. The Morgan fingerprint density at radius 2 is 2.14 bits per heavy atom. The number of fused-ring (bicyclic) bond motifs is 1. The maximum atomic E-state index is 9.73. The van der Waals surface area contributed by atoms with E-state index in [4.69, 9.17) is 23.2 Å². The van der Waals surface area contributed by atoms with E-state index in [-0.39, 0.29) is 5.75 Å². The van der Waals surface area contributed by atoms with E-state index in [1.165, 1.54) is 0 Å². The molecule has 0 saturated heterocycles. The fourth-order valence-corrected chi connectivity index (χ4v) is 2.29. The molecule has 0 aliphatic carbocycles. The summed E-state index contributed by atoms with van der Waals surface area (Å²) in [4.78, 5) is 0. The lowest BCUT2D eigenvalue weighted by atomic mass is 9.98. The van der Waals surface area contributed by atoms with Crippen LogP contribution < -0.4 is 5.32 Å². The monoisotopic (exact) mass is 231 g/mol. The Morgan fingerprint density at radius 3 is 2.86 bits per heavy atom. The van der Waals surface area contributed by atoms with Gasteiger partial charge in [0.25, 0.3) is 0 Å². The largest absolute Gasteiger partial charge is 0.504 e. The van der Waals surface area contributed by atoms with Crippen LogP contribution in [0.1, 0.15) is 18.9 Å². The van der Waals surface area contributed by atoms with Crippen LogP contribution in [0.25, 0.3) is 0 Å². The van der Waals surface area contributed by atoms with Crippen molar-refractivity contribution in [3.8, 4) is 5.75 Å². The van der Waals surface area contributed by atoms with Crippen LogP contribution in [0.15, 0.2) is 6.07 Å². The normalized spacial score (nSPS) is 20.1. The summed E-state index contributed by atoms with van der Waals surface area (Å²) in [5, 5.41) is 13.9. The van der Waals surface area contributed by atoms with Crippen molar-refractivity contribution in [3.63, 3.8) is 0 Å². The van der Waals surface area contributed by atoms with Crippen molar-refractivity contribution in [2.45, 2.75) is 25.8 Å². The van der Waals surface area contributed by atoms with Crippen LogP contribution in [-0.2, 0) is 6.42 Å². The maximum Gasteiger partial charge on any atom is 0.157 e. The molecule has 0 spiro atoms. The van der Waals surface area contributed by atoms with E-state index in [9.17, 15) is 5.11 Å². The predicted molar refractivity (Wildman–Crippen MR) is 59.5 cm³/mol. The highest BCUT2D eigenvalue weighted by Crippen LogP contribution is 2.42. The number of benzene rings is 1. The molecular weight excluding hydrogens is 221 g/mol. The second-order valence-electron chi connectivity index (χ2n) is 3.63. The predicted octanol–water partition coefficient (Wildman–Crippen LogP) is 3.45. The van der Waals surface area contributed by atoms with Crippen molar-refractivity contribution in [1.82, 2.24) is 0 Å². The smallest absolute Gasteiger partial charge is 0.157 e. The Morgan fingerprint density at radius 1 is 1.43 bits per heavy atom. The summed E-state index contributed by atoms with van der Waals surface area (Å²) in [6.07, 6.45) is 1.90. The molecule has 4 heteroatoms. The van der Waals surface area contributed by atoms with Crippen molar-refractivity contribution >= 4 is 28.9 Å². The van der Waals surface area contributed by atoms with Crippen LogP contribution in [0.5, 0.6) is 5.75 Å². The highest BCUT2D eigenvalue weighted by atomic mass is 35.5. The summed E-state index contributed by atoms with van der Waals surface area (Å²) in [6.45, 7) is 2.07. The molecule has 0 radical (unpaired) electrons. The average molecular weight is 232 g/mol. The van der Waals surface area contributed by atoms with E-state index in [1.807, 2.05) is 0 Å². The molecule has 2 N–H and O–H groups in total. The fourth-order valence-electron chi connectivity index (χ4n) is 1.73. The van der Waals surface area contributed by atoms with Gasteiger partial charge in [-0.3, -0.25) is 0 Å². The summed E-state index contributed by atoms with van der Waals surface area (Å²) in [6, 6.07) is 1.94. The zero-order valence-corrected chi connectivity index (χ0v) is 9.28. The fraction of sp³-hybridized carbons (Fsp3) is 0.400. The Balaban J connectivity index is 2.57. The molecule has 1 atom stereocenters. The molecule has 0 unspecified atom stereocenters. The molecule has 14 heavy (non-hydrogen) atoms. The average Bonchev–Trinajstić information content (AvgIpc) is 2.14. The van der Waals surface area contributed by atoms with Gasteiger partial charge in [0, 0.05) is 11.1 Å². The first kappa shape index (κ1) is 9.94. The number of phenolic OH excluding ortho intramolecular Hbond substituents is 1. The van der Waals surface area contributed by atoms with Crippen molar-refractivity contribution < 1.29 is 5.11 Å². The molecule has 1 aromatic rings. The second kappa shape index (κ2) is 3.52. The quantitative estimate of drug-likeness (QED) is 0.671. The van der Waals surface area contributed by atoms with Gasteiger partial charge in [-0.15, -0.1) is 0 Å². The van der Waals surface area contributed by atoms with E-state index in [0.29, 0.717) is 21.8 Å². The van der Waals surface area contributed by atoms with Crippen molar-refractivity contribution in [3.05, 3.63) is 21.7 Å². The van der Waals surface area contributed by atoms with Gasteiger partial charge in [0.2, 0.25) is 0 Å². The second-order valence-corrected chi connectivity index (χ2v) is 4.44. The number of rotatable bonds is 0. The van der Waals surface area contributed by atoms with Crippen LogP contribution in [-0.4, -0.2) is 11.1 Å². The van der Waals surface area contributed by atoms with Gasteiger partial charge in [-0.25, -0.2) is 0 Å². The van der Waals surface area contributed by atoms with Gasteiger partial charge in [0.1, 0.15) is 0 Å². The van der Waals surface area contributed by atoms with Crippen LogP contribution in [0.3, 0.4) is 0 Å². The van der Waals surface area contributed by atoms with Gasteiger partial charge in [-0.1, -0.05) is 23.2 Å². The van der Waals surface area contributed by atoms with Crippen LogP contribution in [0.4, 0.5) is 5.69 Å². The minimum absolute atomic E-state index is 0.109. The molecule has 0 aromatic heterocycles. The molecule has 2 nitrogen and oxygen atoms in total. The van der Waals surface area contributed by atoms with E-state index in [2.05, 4.69) is 12.2 Å². The number of anilines is 1. The number of halogens is 2. The van der Waals surface area contributed by atoms with E-state index in [1.54, 1.807) is 6.07 Å². The van der Waals surface area contributed by atoms with Crippen LogP contribution >= 0.6 is 23.2 Å². The first-order valence-electron chi connectivity index (χ1n) is 4.56. The van der Waals surface area contributed by atoms with Crippen molar-refractivity contribution in [2.75, 3.05) is 5.32 Å². The third kappa shape index (κ3) is 1.53. The van der Waals surface area contributed by atoms with Crippen LogP contribution in [0.2, 0.25) is 10.0 Å². The molecule has 0 bridgehead atoms. The Labute approximate surface area is 92.8 Å². The molecule has 1 heterocycles. The third-order valence-electron chi connectivity index (χ3n) is 2.52. The van der Waals surface area contributed by atoms with Gasteiger partial charge >= 0.3 is 0 Å². The van der Waals surface area contributed by atoms with Gasteiger partial charge in [0.15, 0.2) is 5.75 Å². The van der Waals surface area contributed by atoms with Gasteiger partial charge in [0.05, 0.1) is 10.7 Å². The highest BCUT2D eigenvalue weighted by Gasteiger charge is 2.21. The molecular formula is C10H11Cl2NO. The molecule has 1 aliphatic rings. The summed E-state index contributed by atoms with van der Waals surface area (Å²) >= 11 is 11.9. The van der Waals surface area contributed by atoms with Gasteiger partial charge < -0.3 is 10.4 Å². The molecule has 76 valence electrons. The van der Waals surface area contributed by atoms with Crippen molar-refractivity contribution in [1.29, 1.82) is 0 Å². The first-order valence-corrected chi connectivity index (χ1v) is 5.31. The molecule has 0 saturated carbocycles. The maximum absolute atomic E-state index is 9.73. The summed E-state index contributed by atoms with van der Waals surface area (Å²) in [7, 11) is 0. The standard InChI is InChI=1S/C10H11Cl2NO/c1-5-2-3-6-7(11)4-8(12)10(14)9(6)13-5/h4-5,13-14H,2-3H2,1H3/t5-/m1/s1. The first-order chi connectivity index (χ1) is 6.59. The zero-order chi connectivity index (χ0) is 10.3. The Hall–Kier alpha value is -0.600. The lowest BCUT2D eigenvalue weighted by Crippen LogP contribution is -2.22. The van der Waals surface area contributed by atoms with E-state index >= 15 is 0 Å². The summed E-state index contributed by atoms with van der Waals surface area (Å²) in [5.41, 5.74) is 1.66. The van der Waals surface area contributed by atoms with E-state index < -0.39 is 0 Å². The minimum atomic E-state index is 0.109. The Kier molecular flexibility index (Phi) is 2.50. The number of nitrogens with one attached hydrogen (secondary N) is 1. The Bertz CT molecular complexity index is 379. The molecule has 0 amide bonds. The number of hydrogen-bond acceptors (Lipinski definition) is 2. The van der Waals surface area contributed by atoms with Crippen LogP contribution in [0, 0.1) is 0 Å². The number of phenols is 1. The molecule has 0 fully saturated rings. The SMILES string of the molecule is C[C@@H]1CCc2c(Cl)cc(Cl)c(O)c2N1. The van der Waals surface area contributed by atoms with Gasteiger partial charge in [-0.2, -0.15) is 0 Å². The third-order valence-corrected chi connectivity index (χ3v) is 3.15.